The maximum absolute atomic E-state index is 14.5. The fourth-order valence-electron chi connectivity index (χ4n) is 5.34. The first-order valence-corrected chi connectivity index (χ1v) is 15.5. The van der Waals surface area contributed by atoms with Crippen LogP contribution in [0.3, 0.4) is 0 Å². The third kappa shape index (κ3) is 7.37. The van der Waals surface area contributed by atoms with E-state index >= 15 is 0 Å². The molecule has 2 aliphatic heterocycles. The number of carboxylic acid groups (broad SMARTS) is 1. The maximum Gasteiger partial charge on any atom is 0.326 e. The van der Waals surface area contributed by atoms with Crippen molar-refractivity contribution in [3.63, 3.8) is 0 Å². The summed E-state index contributed by atoms with van der Waals surface area (Å²) < 4.78 is 7.21. The molecule has 2 atom stereocenters. The number of nitrogens with one attached hydrogen (secondary N) is 1. The van der Waals surface area contributed by atoms with E-state index in [1.807, 2.05) is 57.2 Å². The minimum absolute atomic E-state index is 0.118. The summed E-state index contributed by atoms with van der Waals surface area (Å²) in [5.74, 6) is -1.54. The second kappa shape index (κ2) is 13.0. The van der Waals surface area contributed by atoms with Gasteiger partial charge in [0.05, 0.1) is 11.6 Å². The monoisotopic (exact) mass is 694 g/mol. The second-order valence-electron chi connectivity index (χ2n) is 11.8. The highest BCUT2D eigenvalue weighted by molar-refractivity contribution is 9.10. The van der Waals surface area contributed by atoms with Crippen molar-refractivity contribution < 1.29 is 29.0 Å². The predicted molar refractivity (Wildman–Crippen MR) is 173 cm³/mol. The highest BCUT2D eigenvalue weighted by Crippen LogP contribution is 2.46. The van der Waals surface area contributed by atoms with Crippen LogP contribution in [-0.2, 0) is 9.59 Å². The van der Waals surface area contributed by atoms with E-state index in [2.05, 4.69) is 21.2 Å². The molecule has 3 aromatic rings. The van der Waals surface area contributed by atoms with Crippen LogP contribution in [0.5, 0.6) is 5.75 Å². The highest BCUT2D eigenvalue weighted by atomic mass is 79.9. The lowest BCUT2D eigenvalue weighted by molar-refractivity contribution is -0.136. The van der Waals surface area contributed by atoms with Gasteiger partial charge in [0.15, 0.2) is 5.78 Å². The molecule has 234 valence electrons. The Bertz CT molecular complexity index is 1670. The summed E-state index contributed by atoms with van der Waals surface area (Å²) in [5.41, 5.74) is 1.48. The Labute approximate surface area is 274 Å². The van der Waals surface area contributed by atoms with Crippen molar-refractivity contribution in [1.82, 2.24) is 15.1 Å². The summed E-state index contributed by atoms with van der Waals surface area (Å²) in [6.07, 6.45) is -0.679. The van der Waals surface area contributed by atoms with Gasteiger partial charge < -0.3 is 20.1 Å². The highest BCUT2D eigenvalue weighted by Gasteiger charge is 2.45. The molecule has 1 saturated heterocycles. The number of urea groups is 1. The number of Topliss-reactive ketones (excluding diaryl/α,β-unsaturated/α-hetero) is 1. The number of hydrogen-bond donors (Lipinski definition) is 2. The number of ether oxygens (including phenoxy) is 1. The number of ketones is 1. The number of aliphatic imine (C=N–C) groups is 1. The van der Waals surface area contributed by atoms with Gasteiger partial charge in [-0.25, -0.2) is 4.79 Å². The lowest BCUT2D eigenvalue weighted by Crippen LogP contribution is -2.55. The fourth-order valence-corrected chi connectivity index (χ4v) is 5.73. The summed E-state index contributed by atoms with van der Waals surface area (Å²) in [6.45, 7) is 6.02. The molecule has 10 nitrogen and oxygen atoms in total. The first-order chi connectivity index (χ1) is 21.3. The molecule has 3 aromatic carbocycles. The van der Waals surface area contributed by atoms with Gasteiger partial charge in [-0.2, -0.15) is 0 Å². The standard InChI is InChI=1S/C33H32BrClN4O6/c1-33(2,3)45-26-16-21(25(40)17-28(42)43)8-13-24(26)31-37-29(19-4-9-22(34)10-5-19)30(20-6-11-23(35)12-7-20)39(31)32(44)38-15-14-36-27(41)18-38/h4-13,16,29-30H,14-15,17-18H2,1-3H3,(H,36,41)(H,42,43)/t29-,30+/m0/s1. The summed E-state index contributed by atoms with van der Waals surface area (Å²) in [4.78, 5) is 59.1. The average molecular weight is 696 g/mol. The number of nitrogens with zero attached hydrogens (tertiary/aromatic N) is 3. The van der Waals surface area contributed by atoms with Crippen molar-refractivity contribution in [2.75, 3.05) is 19.6 Å². The number of carbonyl (C=O) groups is 4. The number of benzene rings is 3. The van der Waals surface area contributed by atoms with E-state index in [0.717, 1.165) is 15.6 Å². The van der Waals surface area contributed by atoms with Crippen LogP contribution in [-0.4, -0.2) is 69.7 Å². The Morgan fingerprint density at radius 2 is 1.71 bits per heavy atom. The number of hydrogen-bond acceptors (Lipinski definition) is 6. The van der Waals surface area contributed by atoms with Gasteiger partial charge in [0, 0.05) is 28.1 Å². The van der Waals surface area contributed by atoms with Crippen LogP contribution in [0, 0.1) is 0 Å². The largest absolute Gasteiger partial charge is 0.487 e. The molecule has 2 N–H and O–H groups in total. The first kappa shape index (κ1) is 32.2. The third-order valence-corrected chi connectivity index (χ3v) is 8.06. The van der Waals surface area contributed by atoms with Gasteiger partial charge >= 0.3 is 12.0 Å². The molecule has 2 aliphatic rings. The molecular formula is C33H32BrClN4O6. The van der Waals surface area contributed by atoms with E-state index in [1.165, 1.54) is 17.0 Å². The molecule has 2 heterocycles. The molecule has 3 amide bonds. The molecule has 0 bridgehead atoms. The van der Waals surface area contributed by atoms with Gasteiger partial charge in [0.2, 0.25) is 5.91 Å². The fraction of sp³-hybridized carbons (Fsp3) is 0.303. The molecule has 0 unspecified atom stereocenters. The number of rotatable bonds is 7. The summed E-state index contributed by atoms with van der Waals surface area (Å²) in [7, 11) is 0. The van der Waals surface area contributed by atoms with Crippen LogP contribution >= 0.6 is 27.5 Å². The maximum atomic E-state index is 14.5. The number of aliphatic carboxylic acids is 1. The molecule has 0 aromatic heterocycles. The molecule has 5 rings (SSSR count). The van der Waals surface area contributed by atoms with E-state index < -0.39 is 41.9 Å². The van der Waals surface area contributed by atoms with Crippen LogP contribution in [0.15, 0.2) is 76.2 Å². The lowest BCUT2D eigenvalue weighted by atomic mass is 9.93. The van der Waals surface area contributed by atoms with E-state index in [9.17, 15) is 24.3 Å². The quantitative estimate of drug-likeness (QED) is 0.229. The van der Waals surface area contributed by atoms with Gasteiger partial charge in [-0.3, -0.25) is 24.3 Å². The van der Waals surface area contributed by atoms with Crippen LogP contribution in [0.25, 0.3) is 0 Å². The minimum Gasteiger partial charge on any atom is -0.487 e. The van der Waals surface area contributed by atoms with Gasteiger partial charge in [0.1, 0.15) is 36.2 Å². The number of carbonyl (C=O) groups excluding carboxylic acids is 3. The minimum atomic E-state index is -1.24. The first-order valence-electron chi connectivity index (χ1n) is 14.3. The number of carboxylic acids is 1. The summed E-state index contributed by atoms with van der Waals surface area (Å²) in [6, 6.07) is 17.9. The van der Waals surface area contributed by atoms with Crippen molar-refractivity contribution in [3.05, 3.63) is 98.5 Å². The predicted octanol–water partition coefficient (Wildman–Crippen LogP) is 6.03. The lowest BCUT2D eigenvalue weighted by Gasteiger charge is -2.36. The third-order valence-electron chi connectivity index (χ3n) is 7.28. The SMILES string of the molecule is CC(C)(C)Oc1cc(C(=O)CC(=O)O)ccc1C1=N[C@@H](c2ccc(Br)cc2)[C@@H](c2ccc(Cl)cc2)N1C(=O)N1CCNC(=O)C1. The summed E-state index contributed by atoms with van der Waals surface area (Å²) in [5, 5.41) is 12.5. The molecule has 12 heteroatoms. The van der Waals surface area contributed by atoms with E-state index in [-0.39, 0.29) is 29.6 Å². The molecule has 0 spiro atoms. The Balaban J connectivity index is 1.72. The zero-order valence-electron chi connectivity index (χ0n) is 24.9. The zero-order chi connectivity index (χ0) is 32.5. The van der Waals surface area contributed by atoms with E-state index in [1.54, 1.807) is 23.1 Å². The van der Waals surface area contributed by atoms with Crippen LogP contribution < -0.4 is 10.1 Å². The van der Waals surface area contributed by atoms with Crippen LogP contribution in [0.1, 0.15) is 66.3 Å². The van der Waals surface area contributed by atoms with Gasteiger partial charge in [-0.1, -0.05) is 57.9 Å². The zero-order valence-corrected chi connectivity index (χ0v) is 27.3. The normalized spacial score (nSPS) is 18.3. The van der Waals surface area contributed by atoms with Gasteiger partial charge in [0.25, 0.3) is 0 Å². The van der Waals surface area contributed by atoms with E-state index in [0.29, 0.717) is 23.7 Å². The number of piperazine rings is 1. The van der Waals surface area contributed by atoms with E-state index in [4.69, 9.17) is 21.3 Å². The Hall–Kier alpha value is -4.22. The summed E-state index contributed by atoms with van der Waals surface area (Å²) >= 11 is 9.75. The molecule has 0 aliphatic carbocycles. The Morgan fingerprint density at radius 3 is 2.33 bits per heavy atom. The Morgan fingerprint density at radius 1 is 1.04 bits per heavy atom. The number of halogens is 2. The van der Waals surface area contributed by atoms with Gasteiger partial charge in [-0.15, -0.1) is 0 Å². The second-order valence-corrected chi connectivity index (χ2v) is 13.1. The van der Waals surface area contributed by atoms with Gasteiger partial charge in [-0.05, 0) is 68.3 Å². The van der Waals surface area contributed by atoms with Crippen LogP contribution in [0.2, 0.25) is 5.02 Å². The molecule has 0 saturated carbocycles. The number of amidine groups is 1. The molecule has 1 fully saturated rings. The average Bonchev–Trinajstić information content (AvgIpc) is 3.36. The van der Waals surface area contributed by atoms with Crippen LogP contribution in [0.4, 0.5) is 4.79 Å². The number of amides is 3. The topological polar surface area (TPSA) is 129 Å². The Kier molecular flexibility index (Phi) is 9.31. The molecular weight excluding hydrogens is 664 g/mol. The van der Waals surface area contributed by atoms with Crippen molar-refractivity contribution >= 4 is 57.1 Å². The van der Waals surface area contributed by atoms with Crippen molar-refractivity contribution in [3.8, 4) is 5.75 Å². The van der Waals surface area contributed by atoms with Crippen molar-refractivity contribution in [2.45, 2.75) is 44.9 Å². The molecule has 0 radical (unpaired) electrons. The molecule has 45 heavy (non-hydrogen) atoms. The smallest absolute Gasteiger partial charge is 0.326 e. The van der Waals surface area contributed by atoms with Crippen molar-refractivity contribution in [1.29, 1.82) is 0 Å². The van der Waals surface area contributed by atoms with Crippen molar-refractivity contribution in [2.24, 2.45) is 4.99 Å².